The van der Waals surface area contributed by atoms with Gasteiger partial charge in [-0.05, 0) is 19.3 Å². The van der Waals surface area contributed by atoms with Gasteiger partial charge < -0.3 is 15.7 Å². The Morgan fingerprint density at radius 1 is 1.17 bits per heavy atom. The second-order valence-electron chi connectivity index (χ2n) is 4.80. The standard InChI is InChI=1S/C12H20N2O4/c1-9(15)13-6-3-7-14-10(16)8-12(11(17)18)4-2-5-12/h2-8H2,1H3,(H,13,15)(H,14,16)(H,17,18). The molecule has 18 heavy (non-hydrogen) atoms. The quantitative estimate of drug-likeness (QED) is 0.570. The molecule has 3 N–H and O–H groups in total. The molecule has 0 atom stereocenters. The summed E-state index contributed by atoms with van der Waals surface area (Å²) in [5.74, 6) is -1.19. The third-order valence-electron chi connectivity index (χ3n) is 3.31. The van der Waals surface area contributed by atoms with Crippen LogP contribution in [0.1, 0.15) is 39.0 Å². The van der Waals surface area contributed by atoms with Gasteiger partial charge in [0.15, 0.2) is 0 Å². The van der Waals surface area contributed by atoms with E-state index in [0.717, 1.165) is 6.42 Å². The molecule has 0 aromatic carbocycles. The highest BCUT2D eigenvalue weighted by Crippen LogP contribution is 2.44. The molecule has 6 heteroatoms. The molecule has 2 amide bonds. The van der Waals surface area contributed by atoms with Gasteiger partial charge in [-0.1, -0.05) is 6.42 Å². The van der Waals surface area contributed by atoms with Crippen molar-refractivity contribution < 1.29 is 19.5 Å². The lowest BCUT2D eigenvalue weighted by Crippen LogP contribution is -2.42. The highest BCUT2D eigenvalue weighted by molar-refractivity contribution is 5.85. The minimum absolute atomic E-state index is 0.0580. The molecule has 0 spiro atoms. The number of carbonyl (C=O) groups is 3. The van der Waals surface area contributed by atoms with E-state index in [1.165, 1.54) is 6.92 Å². The number of hydrogen-bond donors (Lipinski definition) is 3. The summed E-state index contributed by atoms with van der Waals surface area (Å²) in [4.78, 5) is 33.2. The highest BCUT2D eigenvalue weighted by atomic mass is 16.4. The normalized spacial score (nSPS) is 16.5. The third kappa shape index (κ3) is 4.01. The van der Waals surface area contributed by atoms with E-state index >= 15 is 0 Å². The molecular formula is C12H20N2O4. The van der Waals surface area contributed by atoms with Gasteiger partial charge in [0.25, 0.3) is 0 Å². The molecule has 0 aromatic heterocycles. The fraction of sp³-hybridized carbons (Fsp3) is 0.750. The lowest BCUT2D eigenvalue weighted by molar-refractivity contribution is -0.157. The predicted octanol–water partition coefficient (Wildman–Crippen LogP) is 0.274. The third-order valence-corrected chi connectivity index (χ3v) is 3.31. The van der Waals surface area contributed by atoms with Crippen LogP contribution in [0.15, 0.2) is 0 Å². The molecule has 0 bridgehead atoms. The summed E-state index contributed by atoms with van der Waals surface area (Å²) in [6.45, 7) is 2.40. The molecule has 1 aliphatic carbocycles. The van der Waals surface area contributed by atoms with Gasteiger partial charge >= 0.3 is 5.97 Å². The first-order chi connectivity index (χ1) is 8.46. The van der Waals surface area contributed by atoms with Gasteiger partial charge in [0, 0.05) is 26.4 Å². The summed E-state index contributed by atoms with van der Waals surface area (Å²) in [6, 6.07) is 0. The summed E-state index contributed by atoms with van der Waals surface area (Å²) in [5, 5.41) is 14.4. The zero-order chi connectivity index (χ0) is 13.6. The maximum atomic E-state index is 11.6. The van der Waals surface area contributed by atoms with Gasteiger partial charge in [-0.15, -0.1) is 0 Å². The van der Waals surface area contributed by atoms with Crippen molar-refractivity contribution in [3.8, 4) is 0 Å². The molecule has 6 nitrogen and oxygen atoms in total. The number of carboxylic acids is 1. The molecule has 1 saturated carbocycles. The molecule has 1 rings (SSSR count). The fourth-order valence-electron chi connectivity index (χ4n) is 2.02. The van der Waals surface area contributed by atoms with E-state index < -0.39 is 11.4 Å². The Labute approximate surface area is 106 Å². The molecule has 0 aliphatic heterocycles. The molecule has 1 aliphatic rings. The number of carboxylic acid groups (broad SMARTS) is 1. The number of hydrogen-bond acceptors (Lipinski definition) is 3. The van der Waals surface area contributed by atoms with Crippen molar-refractivity contribution in [2.24, 2.45) is 5.41 Å². The van der Waals surface area contributed by atoms with E-state index in [1.807, 2.05) is 0 Å². The zero-order valence-corrected chi connectivity index (χ0v) is 10.6. The van der Waals surface area contributed by atoms with Crippen molar-refractivity contribution in [1.82, 2.24) is 10.6 Å². The van der Waals surface area contributed by atoms with Crippen molar-refractivity contribution in [2.45, 2.75) is 39.0 Å². The van der Waals surface area contributed by atoms with Crippen molar-refractivity contribution in [3.05, 3.63) is 0 Å². The second-order valence-corrected chi connectivity index (χ2v) is 4.80. The first-order valence-electron chi connectivity index (χ1n) is 6.21. The number of nitrogens with one attached hydrogen (secondary N) is 2. The maximum absolute atomic E-state index is 11.6. The van der Waals surface area contributed by atoms with Gasteiger partial charge in [0.1, 0.15) is 0 Å². The lowest BCUT2D eigenvalue weighted by Gasteiger charge is -2.36. The highest BCUT2D eigenvalue weighted by Gasteiger charge is 2.45. The van der Waals surface area contributed by atoms with Gasteiger partial charge in [0.05, 0.1) is 5.41 Å². The zero-order valence-electron chi connectivity index (χ0n) is 10.6. The first kappa shape index (κ1) is 14.5. The van der Waals surface area contributed by atoms with Crippen molar-refractivity contribution in [1.29, 1.82) is 0 Å². The summed E-state index contributed by atoms with van der Waals surface area (Å²) in [5.41, 5.74) is -0.832. The van der Waals surface area contributed by atoms with Crippen LogP contribution >= 0.6 is 0 Å². The van der Waals surface area contributed by atoms with Crippen LogP contribution in [0.25, 0.3) is 0 Å². The summed E-state index contributed by atoms with van der Waals surface area (Å²) < 4.78 is 0. The Balaban J connectivity index is 2.17. The second kappa shape index (κ2) is 6.37. The maximum Gasteiger partial charge on any atom is 0.310 e. The average Bonchev–Trinajstić information content (AvgIpc) is 2.22. The Morgan fingerprint density at radius 2 is 1.78 bits per heavy atom. The largest absolute Gasteiger partial charge is 0.481 e. The van der Waals surface area contributed by atoms with Crippen LogP contribution in [0.3, 0.4) is 0 Å². The van der Waals surface area contributed by atoms with E-state index in [9.17, 15) is 14.4 Å². The van der Waals surface area contributed by atoms with E-state index in [1.54, 1.807) is 0 Å². The van der Waals surface area contributed by atoms with Crippen LogP contribution in [0, 0.1) is 5.41 Å². The van der Waals surface area contributed by atoms with E-state index in [2.05, 4.69) is 10.6 Å². The van der Waals surface area contributed by atoms with Crippen LogP contribution in [0.2, 0.25) is 0 Å². The smallest absolute Gasteiger partial charge is 0.310 e. The first-order valence-corrected chi connectivity index (χ1v) is 6.21. The van der Waals surface area contributed by atoms with Gasteiger partial charge in [-0.2, -0.15) is 0 Å². The summed E-state index contributed by atoms with van der Waals surface area (Å²) in [6.07, 6.45) is 2.75. The Kier molecular flexibility index (Phi) is 5.12. The SMILES string of the molecule is CC(=O)NCCCNC(=O)CC1(C(=O)O)CCC1. The Bertz CT molecular complexity index is 337. The molecule has 0 unspecified atom stereocenters. The van der Waals surface area contributed by atoms with Crippen molar-refractivity contribution in [2.75, 3.05) is 13.1 Å². The molecular weight excluding hydrogens is 236 g/mol. The summed E-state index contributed by atoms with van der Waals surface area (Å²) in [7, 11) is 0. The van der Waals surface area contributed by atoms with Gasteiger partial charge in [-0.25, -0.2) is 0 Å². The number of rotatable bonds is 7. The van der Waals surface area contributed by atoms with E-state index in [0.29, 0.717) is 32.4 Å². The number of aliphatic carboxylic acids is 1. The van der Waals surface area contributed by atoms with Crippen LogP contribution in [-0.4, -0.2) is 36.0 Å². The average molecular weight is 256 g/mol. The predicted molar refractivity (Wildman–Crippen MR) is 64.8 cm³/mol. The van der Waals surface area contributed by atoms with E-state index in [4.69, 9.17) is 5.11 Å². The van der Waals surface area contributed by atoms with E-state index in [-0.39, 0.29) is 18.2 Å². The summed E-state index contributed by atoms with van der Waals surface area (Å²) >= 11 is 0. The van der Waals surface area contributed by atoms with Crippen LogP contribution in [-0.2, 0) is 14.4 Å². The lowest BCUT2D eigenvalue weighted by atomic mass is 9.66. The van der Waals surface area contributed by atoms with Crippen LogP contribution < -0.4 is 10.6 Å². The molecule has 0 aromatic rings. The number of carbonyl (C=O) groups excluding carboxylic acids is 2. The van der Waals surface area contributed by atoms with Gasteiger partial charge in [-0.3, -0.25) is 14.4 Å². The molecule has 0 saturated heterocycles. The topological polar surface area (TPSA) is 95.5 Å². The fourth-order valence-corrected chi connectivity index (χ4v) is 2.02. The molecule has 0 heterocycles. The van der Waals surface area contributed by atoms with Crippen LogP contribution in [0.5, 0.6) is 0 Å². The number of amides is 2. The molecule has 102 valence electrons. The molecule has 0 radical (unpaired) electrons. The minimum Gasteiger partial charge on any atom is -0.481 e. The minimum atomic E-state index is -0.873. The van der Waals surface area contributed by atoms with Crippen molar-refractivity contribution >= 4 is 17.8 Å². The van der Waals surface area contributed by atoms with Gasteiger partial charge in [0.2, 0.25) is 11.8 Å². The molecule has 1 fully saturated rings. The van der Waals surface area contributed by atoms with Crippen LogP contribution in [0.4, 0.5) is 0 Å². The Morgan fingerprint density at radius 3 is 2.22 bits per heavy atom. The van der Waals surface area contributed by atoms with Crippen molar-refractivity contribution in [3.63, 3.8) is 0 Å². The Hall–Kier alpha value is -1.59. The monoisotopic (exact) mass is 256 g/mol.